The van der Waals surface area contributed by atoms with Crippen LogP contribution >= 0.6 is 0 Å². The van der Waals surface area contributed by atoms with Crippen LogP contribution in [0.1, 0.15) is 61.0 Å². The van der Waals surface area contributed by atoms with E-state index in [0.717, 1.165) is 36.0 Å². The number of rotatable bonds is 7. The second-order valence-corrected chi connectivity index (χ2v) is 9.72. The first kappa shape index (κ1) is 22.4. The van der Waals surface area contributed by atoms with Gasteiger partial charge in [-0.3, -0.25) is 4.79 Å². The van der Waals surface area contributed by atoms with Crippen molar-refractivity contribution in [3.8, 4) is 28.3 Å². The van der Waals surface area contributed by atoms with Crippen LogP contribution in [0.4, 0.5) is 0 Å². The van der Waals surface area contributed by atoms with Gasteiger partial charge in [0.15, 0.2) is 17.6 Å². The van der Waals surface area contributed by atoms with Crippen LogP contribution in [0.2, 0.25) is 0 Å². The van der Waals surface area contributed by atoms with Gasteiger partial charge >= 0.3 is 5.97 Å². The van der Waals surface area contributed by atoms with Crippen LogP contribution in [0.25, 0.3) is 22.6 Å². The number of nitrogens with zero attached hydrogens (tertiary/aromatic N) is 2. The van der Waals surface area contributed by atoms with E-state index in [4.69, 9.17) is 13.9 Å². The number of benzene rings is 1. The Morgan fingerprint density at radius 1 is 1.26 bits per heavy atom. The second-order valence-electron chi connectivity index (χ2n) is 9.72. The van der Waals surface area contributed by atoms with Gasteiger partial charge in [-0.1, -0.05) is 13.8 Å². The Bertz CT molecular complexity index is 1290. The number of oxazole rings is 1. The molecule has 2 aliphatic rings. The van der Waals surface area contributed by atoms with Crippen LogP contribution in [-0.4, -0.2) is 41.0 Å². The number of carboxylic acids is 1. The molecule has 1 unspecified atom stereocenters. The molecule has 1 saturated carbocycles. The first-order valence-electron chi connectivity index (χ1n) is 11.5. The van der Waals surface area contributed by atoms with Crippen molar-refractivity contribution in [1.29, 1.82) is 0 Å². The molecule has 0 bridgehead atoms. The fourth-order valence-corrected chi connectivity index (χ4v) is 5.60. The Balaban J connectivity index is 1.72. The molecule has 8 heteroatoms. The minimum atomic E-state index is -1.21. The van der Waals surface area contributed by atoms with Crippen molar-refractivity contribution in [1.82, 2.24) is 9.55 Å². The lowest BCUT2D eigenvalue weighted by atomic mass is 9.77. The Hall–Kier alpha value is -3.39. The highest BCUT2D eigenvalue weighted by atomic mass is 16.5. The molecule has 34 heavy (non-hydrogen) atoms. The lowest BCUT2D eigenvalue weighted by Gasteiger charge is -2.40. The summed E-state index contributed by atoms with van der Waals surface area (Å²) < 4.78 is 18.9. The molecule has 1 fully saturated rings. The summed E-state index contributed by atoms with van der Waals surface area (Å²) in [6, 6.07) is 5.54. The van der Waals surface area contributed by atoms with E-state index in [1.165, 1.54) is 18.7 Å². The highest BCUT2D eigenvalue weighted by Crippen LogP contribution is 2.59. The van der Waals surface area contributed by atoms with E-state index >= 15 is 0 Å². The van der Waals surface area contributed by atoms with Gasteiger partial charge in [0.2, 0.25) is 0 Å². The van der Waals surface area contributed by atoms with Gasteiger partial charge in [0, 0.05) is 49.9 Å². The lowest BCUT2D eigenvalue weighted by Crippen LogP contribution is -2.32. The van der Waals surface area contributed by atoms with Gasteiger partial charge in [-0.05, 0) is 36.0 Å². The zero-order chi connectivity index (χ0) is 24.0. The Morgan fingerprint density at radius 3 is 2.79 bits per heavy atom. The minimum Gasteiger partial charge on any atom is -0.493 e. The summed E-state index contributed by atoms with van der Waals surface area (Å²) in [5.41, 5.74) is 2.69. The molecule has 1 aromatic carbocycles. The largest absolute Gasteiger partial charge is 0.493 e. The van der Waals surface area contributed by atoms with Gasteiger partial charge in [0.1, 0.15) is 11.3 Å². The van der Waals surface area contributed by atoms with Crippen LogP contribution in [0.3, 0.4) is 0 Å². The number of methoxy groups -OCH3 is 1. The maximum absolute atomic E-state index is 12.7. The molecule has 1 N–H and O–H groups in total. The minimum absolute atomic E-state index is 0.0335. The van der Waals surface area contributed by atoms with Crippen LogP contribution in [-0.2, 0) is 4.74 Å². The third kappa shape index (κ3) is 3.62. The molecule has 1 aliphatic carbocycles. The summed E-state index contributed by atoms with van der Waals surface area (Å²) in [4.78, 5) is 28.5. The predicted molar refractivity (Wildman–Crippen MR) is 125 cm³/mol. The van der Waals surface area contributed by atoms with E-state index in [1.54, 1.807) is 13.3 Å². The molecular weight excluding hydrogens is 436 g/mol. The number of pyridine rings is 1. The number of aromatic carboxylic acids is 1. The number of aromatic nitrogens is 2. The standard InChI is InChI=1S/C26H28N2O6/c1-26(2)6-5-15-16-10-22(33-8-4-7-32-3)18(23-12-27-14-34-23)9-17(16)20-11-21(29)19(25(30)31)13-28(20)24(15)26/h9-15,24H,4-8H2,1-3H3,(H,30,31)/t15-,24?/m1/s1. The zero-order valence-corrected chi connectivity index (χ0v) is 19.5. The Labute approximate surface area is 197 Å². The molecule has 5 rings (SSSR count). The van der Waals surface area contributed by atoms with Gasteiger partial charge in [-0.25, -0.2) is 9.78 Å². The number of hydrogen-bond donors (Lipinski definition) is 1. The molecular formula is C26H28N2O6. The number of fused-ring (bicyclic) bond motifs is 6. The number of hydrogen-bond acceptors (Lipinski definition) is 6. The Kier molecular flexibility index (Phi) is 5.56. The maximum Gasteiger partial charge on any atom is 0.341 e. The molecule has 1 aliphatic heterocycles. The van der Waals surface area contributed by atoms with E-state index in [-0.39, 0.29) is 22.9 Å². The van der Waals surface area contributed by atoms with E-state index in [1.807, 2.05) is 10.6 Å². The van der Waals surface area contributed by atoms with Crippen LogP contribution < -0.4 is 10.2 Å². The van der Waals surface area contributed by atoms with E-state index in [2.05, 4.69) is 24.9 Å². The summed E-state index contributed by atoms with van der Waals surface area (Å²) in [5, 5.41) is 9.60. The van der Waals surface area contributed by atoms with Gasteiger partial charge in [0.05, 0.1) is 24.1 Å². The van der Waals surface area contributed by atoms with Crippen molar-refractivity contribution in [3.05, 3.63) is 58.3 Å². The lowest BCUT2D eigenvalue weighted by molar-refractivity contribution is 0.0693. The van der Waals surface area contributed by atoms with Crippen LogP contribution in [0.15, 0.2) is 46.2 Å². The third-order valence-electron chi connectivity index (χ3n) is 7.17. The monoisotopic (exact) mass is 464 g/mol. The fourth-order valence-electron chi connectivity index (χ4n) is 5.60. The van der Waals surface area contributed by atoms with Crippen molar-refractivity contribution in [2.24, 2.45) is 5.41 Å². The smallest absolute Gasteiger partial charge is 0.341 e. The van der Waals surface area contributed by atoms with Crippen LogP contribution in [0, 0.1) is 5.41 Å². The first-order chi connectivity index (χ1) is 16.3. The Morgan fingerprint density at radius 2 is 2.09 bits per heavy atom. The predicted octanol–water partition coefficient (Wildman–Crippen LogP) is 4.74. The van der Waals surface area contributed by atoms with Crippen molar-refractivity contribution >= 4 is 5.97 Å². The first-order valence-corrected chi connectivity index (χ1v) is 11.5. The zero-order valence-electron chi connectivity index (χ0n) is 19.5. The molecule has 2 atom stereocenters. The highest BCUT2D eigenvalue weighted by Gasteiger charge is 2.47. The summed E-state index contributed by atoms with van der Waals surface area (Å²) in [5.74, 6) is 0.231. The molecule has 178 valence electrons. The van der Waals surface area contributed by atoms with Gasteiger partial charge < -0.3 is 23.6 Å². The molecule has 0 saturated heterocycles. The van der Waals surface area contributed by atoms with Crippen molar-refractivity contribution < 1.29 is 23.8 Å². The van der Waals surface area contributed by atoms with Gasteiger partial charge in [0.25, 0.3) is 0 Å². The number of carboxylic acid groups (broad SMARTS) is 1. The molecule has 8 nitrogen and oxygen atoms in total. The van der Waals surface area contributed by atoms with Gasteiger partial charge in [-0.2, -0.15) is 0 Å². The summed E-state index contributed by atoms with van der Waals surface area (Å²) >= 11 is 0. The molecule has 0 amide bonds. The molecule has 0 spiro atoms. The third-order valence-corrected chi connectivity index (χ3v) is 7.17. The van der Waals surface area contributed by atoms with Crippen LogP contribution in [0.5, 0.6) is 5.75 Å². The molecule has 3 aromatic rings. The molecule has 3 heterocycles. The summed E-state index contributed by atoms with van der Waals surface area (Å²) in [7, 11) is 1.66. The van der Waals surface area contributed by atoms with E-state index < -0.39 is 11.4 Å². The number of carbonyl (C=O) groups is 1. The highest BCUT2D eigenvalue weighted by molar-refractivity contribution is 5.88. The number of ether oxygens (including phenoxy) is 2. The van der Waals surface area contributed by atoms with Crippen molar-refractivity contribution in [3.63, 3.8) is 0 Å². The fraction of sp³-hybridized carbons (Fsp3) is 0.423. The van der Waals surface area contributed by atoms with Crippen molar-refractivity contribution in [2.75, 3.05) is 20.3 Å². The average Bonchev–Trinajstić information content (AvgIpc) is 3.44. The summed E-state index contributed by atoms with van der Waals surface area (Å²) in [6.45, 7) is 5.50. The maximum atomic E-state index is 12.7. The quantitative estimate of drug-likeness (QED) is 0.504. The average molecular weight is 465 g/mol. The van der Waals surface area contributed by atoms with E-state index in [0.29, 0.717) is 30.4 Å². The summed E-state index contributed by atoms with van der Waals surface area (Å²) in [6.07, 6.45) is 7.23. The van der Waals surface area contributed by atoms with E-state index in [9.17, 15) is 14.7 Å². The van der Waals surface area contributed by atoms with Gasteiger partial charge in [-0.15, -0.1) is 0 Å². The second kappa shape index (κ2) is 8.43. The van der Waals surface area contributed by atoms with Crippen molar-refractivity contribution in [2.45, 2.75) is 45.1 Å². The molecule has 2 aromatic heterocycles. The molecule has 0 radical (unpaired) electrons. The SMILES string of the molecule is COCCCOc1cc2c(cc1-c1cnco1)-c1cc(=O)c(C(=O)O)cn1C1[C@@H]2CCC1(C)C. The normalized spacial score (nSPS) is 19.9. The topological polar surface area (TPSA) is 104 Å².